The van der Waals surface area contributed by atoms with Crippen molar-refractivity contribution >= 4 is 33.3 Å². The summed E-state index contributed by atoms with van der Waals surface area (Å²) < 4.78 is 31.9. The van der Waals surface area contributed by atoms with Crippen LogP contribution in [0.5, 0.6) is 40.2 Å². The first-order valence-electron chi connectivity index (χ1n) is 34.5. The number of likely N-dealkylation sites (tertiary alicyclic amines) is 1. The Labute approximate surface area is 586 Å². The third-order valence-electron chi connectivity index (χ3n) is 18.0. The lowest BCUT2D eigenvalue weighted by Gasteiger charge is -2.19. The largest absolute Gasteiger partial charge is 0.508 e. The molecule has 1 unspecified atom stereocenters. The van der Waals surface area contributed by atoms with E-state index in [1.807, 2.05) is 183 Å². The van der Waals surface area contributed by atoms with Gasteiger partial charge < -0.3 is 48.8 Å². The van der Waals surface area contributed by atoms with Crippen LogP contribution >= 0.6 is 0 Å². The molecule has 11 aromatic carbocycles. The number of aromatic hydroxyl groups is 2. The highest BCUT2D eigenvalue weighted by molar-refractivity contribution is 6.01. The number of carbonyl (C=O) groups excluding carboxylic acids is 1. The molecule has 100 heavy (non-hydrogen) atoms. The van der Waals surface area contributed by atoms with E-state index in [4.69, 9.17) is 23.7 Å². The van der Waals surface area contributed by atoms with Crippen molar-refractivity contribution < 1.29 is 38.7 Å². The number of aromatic nitrogens is 2. The van der Waals surface area contributed by atoms with Gasteiger partial charge in [0, 0.05) is 51.8 Å². The van der Waals surface area contributed by atoms with E-state index in [1.54, 1.807) is 30.3 Å². The second-order valence-corrected chi connectivity index (χ2v) is 25.3. The number of rotatable bonds is 24. The Morgan fingerprint density at radius 1 is 0.450 bits per heavy atom. The Morgan fingerprint density at radius 3 is 1.45 bits per heavy atom. The van der Waals surface area contributed by atoms with Crippen molar-refractivity contribution in [2.45, 2.75) is 85.5 Å². The van der Waals surface area contributed by atoms with Crippen LogP contribution in [0.25, 0.3) is 44.3 Å². The number of phenolic OH excluding ortho intramolecular Hbond substituents is 2. The van der Waals surface area contributed by atoms with Crippen LogP contribution in [0.4, 0.5) is 5.69 Å². The van der Waals surface area contributed by atoms with Gasteiger partial charge in [-0.3, -0.25) is 9.69 Å². The zero-order valence-corrected chi connectivity index (χ0v) is 57.1. The fraction of sp³-hybridized carbons (Fsp3) is 0.193. The number of hydrogen-bond donors (Lipinski definition) is 4. The minimum absolute atomic E-state index is 0.0222. The maximum Gasteiger partial charge on any atom is 0.184 e. The highest BCUT2D eigenvalue weighted by atomic mass is 16.5. The predicted molar refractivity (Wildman–Crippen MR) is 403 cm³/mol. The number of aryl methyl sites for hydroxylation is 2. The maximum atomic E-state index is 12.8. The molecule has 1 saturated heterocycles. The van der Waals surface area contributed by atoms with Crippen LogP contribution < -0.4 is 29.0 Å². The molecule has 0 amide bonds. The van der Waals surface area contributed by atoms with Crippen LogP contribution in [0.3, 0.4) is 0 Å². The molecule has 2 aromatic heterocycles. The number of benzene rings is 11. The molecular weight excluding hydrogens is 1240 g/mol. The summed E-state index contributed by atoms with van der Waals surface area (Å²) in [6.45, 7) is 13.0. The third-order valence-corrected chi connectivity index (χ3v) is 18.0. The number of H-pyrrole nitrogens is 1. The number of Topliss-reactive ketones (excluding diaryl/α,β-unsaturated/α-hetero) is 1. The molecule has 12 heteroatoms. The molecule has 0 saturated carbocycles. The van der Waals surface area contributed by atoms with Crippen molar-refractivity contribution in [2.75, 3.05) is 31.6 Å². The normalized spacial score (nSPS) is 12.4. The summed E-state index contributed by atoms with van der Waals surface area (Å²) in [5.74, 6) is 4.70. The molecule has 1 aliphatic heterocycles. The van der Waals surface area contributed by atoms with Gasteiger partial charge in [-0.15, -0.1) is 0 Å². The standard InChI is InChI=1S/C30H34N2O3.C29H27NO3.C29H25NO2/c1-22-28-20-26(34)12-15-29(28)32(30(22)24-8-10-25(33)11-9-24)21-23-6-13-27(14-7-23)35-19-18-31-16-4-2-3-5-17-31;1-22(30-26-14-18-28(19-15-26)33-21-24-10-6-3-7-11-24)29(31)25-12-16-27(17-13-25)32-20-23-8-4-2-5-9-23;1-21-27-18-26(32-20-23-10-6-3-7-11-23)16-17-28(27)30-29(21)24-12-14-25(15-13-24)31-19-22-8-4-2-5-9-22/h6-15,20,33-34H,2-5,16-19,21H2,1H3;2-19,22,30H,20-21H2,1H3;2-18,30H,19-20H2,1H3. The van der Waals surface area contributed by atoms with Crippen molar-refractivity contribution in [1.29, 1.82) is 0 Å². The summed E-state index contributed by atoms with van der Waals surface area (Å²) in [4.78, 5) is 18.9. The van der Waals surface area contributed by atoms with Gasteiger partial charge in [-0.1, -0.05) is 146 Å². The summed E-state index contributed by atoms with van der Waals surface area (Å²) >= 11 is 0. The van der Waals surface area contributed by atoms with Crippen LogP contribution in [-0.4, -0.2) is 62.7 Å². The second-order valence-electron chi connectivity index (χ2n) is 25.3. The van der Waals surface area contributed by atoms with Crippen molar-refractivity contribution in [3.63, 3.8) is 0 Å². The first-order valence-corrected chi connectivity index (χ1v) is 34.5. The molecule has 14 rings (SSSR count). The fourth-order valence-electron chi connectivity index (χ4n) is 12.5. The smallest absolute Gasteiger partial charge is 0.184 e. The van der Waals surface area contributed by atoms with Crippen molar-refractivity contribution in [3.05, 3.63) is 324 Å². The molecular formula is C88H86N4O8. The number of nitrogens with one attached hydrogen (secondary N) is 2. The van der Waals surface area contributed by atoms with Gasteiger partial charge in [-0.25, -0.2) is 0 Å². The van der Waals surface area contributed by atoms with Crippen molar-refractivity contribution in [3.8, 4) is 62.8 Å². The van der Waals surface area contributed by atoms with E-state index in [1.165, 1.54) is 55.3 Å². The average Bonchev–Trinajstić information content (AvgIpc) is 1.61. The highest BCUT2D eigenvalue weighted by Crippen LogP contribution is 2.37. The fourth-order valence-corrected chi connectivity index (χ4v) is 12.5. The summed E-state index contributed by atoms with van der Waals surface area (Å²) in [7, 11) is 0. The summed E-state index contributed by atoms with van der Waals surface area (Å²) in [6.07, 6.45) is 5.30. The molecule has 0 spiro atoms. The van der Waals surface area contributed by atoms with Crippen LogP contribution in [0.1, 0.15) is 81.9 Å². The van der Waals surface area contributed by atoms with Crippen LogP contribution in [0, 0.1) is 13.8 Å². The second kappa shape index (κ2) is 34.2. The minimum Gasteiger partial charge on any atom is -0.508 e. The van der Waals surface area contributed by atoms with E-state index in [2.05, 4.69) is 106 Å². The molecule has 4 N–H and O–H groups in total. The van der Waals surface area contributed by atoms with E-state index in [0.29, 0.717) is 38.5 Å². The summed E-state index contributed by atoms with van der Waals surface area (Å²) in [5, 5.41) is 25.3. The Kier molecular flexibility index (Phi) is 23.4. The quantitative estimate of drug-likeness (QED) is 0.0432. The zero-order valence-electron chi connectivity index (χ0n) is 57.1. The average molecular weight is 1330 g/mol. The first-order chi connectivity index (χ1) is 49.0. The van der Waals surface area contributed by atoms with Gasteiger partial charge in [0.15, 0.2) is 5.78 Å². The summed E-state index contributed by atoms with van der Waals surface area (Å²) in [5.41, 5.74) is 16.1. The zero-order chi connectivity index (χ0) is 68.8. The van der Waals surface area contributed by atoms with E-state index < -0.39 is 0 Å². The van der Waals surface area contributed by atoms with E-state index in [9.17, 15) is 15.0 Å². The van der Waals surface area contributed by atoms with Crippen molar-refractivity contribution in [1.82, 2.24) is 14.5 Å². The first kappa shape index (κ1) is 68.5. The minimum atomic E-state index is -0.364. The van der Waals surface area contributed by atoms with Gasteiger partial charge >= 0.3 is 0 Å². The van der Waals surface area contributed by atoms with Gasteiger partial charge in [-0.05, 0) is 242 Å². The number of anilines is 1. The lowest BCUT2D eigenvalue weighted by molar-refractivity contribution is 0.0975. The summed E-state index contributed by atoms with van der Waals surface area (Å²) in [6, 6.07) is 90.7. The Balaban J connectivity index is 0.000000142. The lowest BCUT2D eigenvalue weighted by atomic mass is 10.0. The lowest BCUT2D eigenvalue weighted by Crippen LogP contribution is -2.29. The van der Waals surface area contributed by atoms with Gasteiger partial charge in [0.2, 0.25) is 0 Å². The molecule has 12 nitrogen and oxygen atoms in total. The molecule has 0 bridgehead atoms. The molecule has 1 atom stereocenters. The molecule has 1 aliphatic rings. The molecule has 13 aromatic rings. The number of ether oxygens (including phenoxy) is 5. The topological polar surface area (TPSA) is 140 Å². The van der Waals surface area contributed by atoms with Crippen LogP contribution in [-0.2, 0) is 33.0 Å². The Bertz CT molecular complexity index is 4670. The monoisotopic (exact) mass is 1330 g/mol. The van der Waals surface area contributed by atoms with Gasteiger partial charge in [0.1, 0.15) is 73.3 Å². The van der Waals surface area contributed by atoms with Gasteiger partial charge in [-0.2, -0.15) is 0 Å². The molecule has 1 fully saturated rings. The van der Waals surface area contributed by atoms with Crippen LogP contribution in [0.15, 0.2) is 279 Å². The number of phenols is 2. The molecule has 0 aliphatic carbocycles. The molecule has 0 radical (unpaired) electrons. The SMILES string of the molecule is CC(Nc1ccc(OCc2ccccc2)cc1)C(=O)c1ccc(OCc2ccccc2)cc1.Cc1c(-c2ccc(O)cc2)n(Cc2ccc(OCCN3CCCCCC3)cc2)c2ccc(O)cc12.Cc1c(-c2ccc(OCc3ccccc3)cc2)[nH]c2ccc(OCc3ccccc3)cc12. The van der Waals surface area contributed by atoms with E-state index in [0.717, 1.165) is 114 Å². The van der Waals surface area contributed by atoms with Crippen LogP contribution in [0.2, 0.25) is 0 Å². The van der Waals surface area contributed by atoms with Crippen molar-refractivity contribution in [2.24, 2.45) is 0 Å². The van der Waals surface area contributed by atoms with Gasteiger partial charge in [0.25, 0.3) is 0 Å². The number of carbonyl (C=O) groups is 1. The Hall–Kier alpha value is -11.5. The number of nitrogens with zero attached hydrogens (tertiary/aromatic N) is 2. The third kappa shape index (κ3) is 18.8. The number of hydrogen-bond acceptors (Lipinski definition) is 10. The van der Waals surface area contributed by atoms with E-state index in [-0.39, 0.29) is 23.3 Å². The maximum absolute atomic E-state index is 12.8. The highest BCUT2D eigenvalue weighted by Gasteiger charge is 2.19. The molecule has 506 valence electrons. The number of aromatic amines is 1. The van der Waals surface area contributed by atoms with E-state index >= 15 is 0 Å². The predicted octanol–water partition coefficient (Wildman–Crippen LogP) is 20.2. The Morgan fingerprint density at radius 2 is 0.910 bits per heavy atom. The van der Waals surface area contributed by atoms with Gasteiger partial charge in [0.05, 0.1) is 11.7 Å². The number of fused-ring (bicyclic) bond motifs is 2. The number of ketones is 1. The molecule has 3 heterocycles.